The van der Waals surface area contributed by atoms with Crippen molar-refractivity contribution in [2.45, 2.75) is 13.0 Å². The average molecular weight is 357 g/mol. The van der Waals surface area contributed by atoms with Crippen LogP contribution in [0.1, 0.15) is 5.69 Å². The maximum Gasteiger partial charge on any atom is 0.246 e. The quantitative estimate of drug-likeness (QED) is 0.676. The van der Waals surface area contributed by atoms with E-state index in [1.54, 1.807) is 30.3 Å². The number of aromatic nitrogens is 5. The van der Waals surface area contributed by atoms with Gasteiger partial charge in [-0.15, -0.1) is 10.2 Å². The lowest BCUT2D eigenvalue weighted by atomic mass is 10.2. The monoisotopic (exact) mass is 356 g/mol. The SMILES string of the molecule is CN(CCc1ccccn1)C(=O)Cn1nnc(-c2ccc(Cl)cc2)n1. The van der Waals surface area contributed by atoms with E-state index >= 15 is 0 Å². The molecule has 2 aromatic heterocycles. The van der Waals surface area contributed by atoms with E-state index in [1.807, 2.05) is 30.3 Å². The van der Waals surface area contributed by atoms with Gasteiger partial charge in [-0.1, -0.05) is 17.7 Å². The highest BCUT2D eigenvalue weighted by atomic mass is 35.5. The van der Waals surface area contributed by atoms with Crippen LogP contribution < -0.4 is 0 Å². The zero-order valence-electron chi connectivity index (χ0n) is 13.7. The predicted molar refractivity (Wildman–Crippen MR) is 93.8 cm³/mol. The number of tetrazole rings is 1. The molecule has 7 nitrogen and oxygen atoms in total. The Kier molecular flexibility index (Phi) is 5.35. The number of nitrogens with zero attached hydrogens (tertiary/aromatic N) is 6. The van der Waals surface area contributed by atoms with Crippen molar-refractivity contribution >= 4 is 17.5 Å². The molecule has 0 bridgehead atoms. The van der Waals surface area contributed by atoms with E-state index in [0.717, 1.165) is 11.3 Å². The third-order valence-electron chi connectivity index (χ3n) is 3.69. The first kappa shape index (κ1) is 17.0. The standard InChI is InChI=1S/C17H17ClN6O/c1-23(11-9-15-4-2-3-10-19-15)16(25)12-24-21-17(20-22-24)13-5-7-14(18)8-6-13/h2-8,10H,9,11-12H2,1H3. The van der Waals surface area contributed by atoms with Crippen molar-refractivity contribution in [3.63, 3.8) is 0 Å². The molecular weight excluding hydrogens is 340 g/mol. The number of benzene rings is 1. The second-order valence-electron chi connectivity index (χ2n) is 5.54. The summed E-state index contributed by atoms with van der Waals surface area (Å²) in [5, 5.41) is 12.8. The van der Waals surface area contributed by atoms with Crippen LogP contribution in [-0.2, 0) is 17.8 Å². The molecule has 1 amide bonds. The summed E-state index contributed by atoms with van der Waals surface area (Å²) in [7, 11) is 1.75. The number of halogens is 1. The van der Waals surface area contributed by atoms with Gasteiger partial charge in [-0.05, 0) is 41.6 Å². The third-order valence-corrected chi connectivity index (χ3v) is 3.94. The fourth-order valence-electron chi connectivity index (χ4n) is 2.22. The van der Waals surface area contributed by atoms with E-state index in [9.17, 15) is 4.79 Å². The van der Waals surface area contributed by atoms with E-state index in [2.05, 4.69) is 20.4 Å². The molecule has 0 spiro atoms. The van der Waals surface area contributed by atoms with Crippen LogP contribution in [0.5, 0.6) is 0 Å². The van der Waals surface area contributed by atoms with Crippen molar-refractivity contribution in [1.29, 1.82) is 0 Å². The Balaban J connectivity index is 1.56. The third kappa shape index (κ3) is 4.60. The number of hydrogen-bond acceptors (Lipinski definition) is 5. The predicted octanol–water partition coefficient (Wildman–Crippen LogP) is 2.09. The molecule has 0 aliphatic carbocycles. The van der Waals surface area contributed by atoms with Crippen LogP contribution in [-0.4, -0.2) is 49.6 Å². The molecule has 25 heavy (non-hydrogen) atoms. The minimum atomic E-state index is -0.0870. The zero-order chi connectivity index (χ0) is 17.6. The lowest BCUT2D eigenvalue weighted by Gasteiger charge is -2.16. The van der Waals surface area contributed by atoms with Crippen molar-refractivity contribution < 1.29 is 4.79 Å². The summed E-state index contributed by atoms with van der Waals surface area (Å²) in [6.45, 7) is 0.619. The van der Waals surface area contributed by atoms with Gasteiger partial charge >= 0.3 is 0 Å². The van der Waals surface area contributed by atoms with E-state index < -0.39 is 0 Å². The van der Waals surface area contributed by atoms with E-state index in [1.165, 1.54) is 4.80 Å². The molecule has 0 aliphatic rings. The van der Waals surface area contributed by atoms with E-state index in [4.69, 9.17) is 11.6 Å². The first-order valence-corrected chi connectivity index (χ1v) is 8.17. The Labute approximate surface area is 150 Å². The molecule has 0 aliphatic heterocycles. The highest BCUT2D eigenvalue weighted by molar-refractivity contribution is 6.30. The summed E-state index contributed by atoms with van der Waals surface area (Å²) >= 11 is 5.87. The summed E-state index contributed by atoms with van der Waals surface area (Å²) in [4.78, 5) is 19.5. The van der Waals surface area contributed by atoms with Gasteiger partial charge in [0, 0.05) is 42.5 Å². The van der Waals surface area contributed by atoms with Crippen LogP contribution in [0, 0.1) is 0 Å². The Morgan fingerprint density at radius 1 is 1.20 bits per heavy atom. The average Bonchev–Trinajstić information content (AvgIpc) is 3.09. The van der Waals surface area contributed by atoms with Gasteiger partial charge in [-0.25, -0.2) is 0 Å². The van der Waals surface area contributed by atoms with E-state index in [-0.39, 0.29) is 12.5 Å². The highest BCUT2D eigenvalue weighted by Crippen LogP contribution is 2.16. The molecule has 0 fully saturated rings. The van der Waals surface area contributed by atoms with Crippen molar-refractivity contribution in [1.82, 2.24) is 30.1 Å². The molecule has 0 saturated heterocycles. The minimum absolute atomic E-state index is 0.0410. The molecular formula is C17H17ClN6O. The minimum Gasteiger partial charge on any atom is -0.344 e. The Bertz CT molecular complexity index is 834. The second kappa shape index (κ2) is 7.85. The number of amides is 1. The zero-order valence-corrected chi connectivity index (χ0v) is 14.5. The molecule has 0 N–H and O–H groups in total. The molecule has 0 saturated carbocycles. The molecule has 3 aromatic rings. The first-order chi connectivity index (χ1) is 12.1. The lowest BCUT2D eigenvalue weighted by molar-refractivity contribution is -0.130. The Hall–Kier alpha value is -2.80. The normalized spacial score (nSPS) is 10.6. The van der Waals surface area contributed by atoms with Gasteiger partial charge in [0.05, 0.1) is 0 Å². The van der Waals surface area contributed by atoms with Crippen LogP contribution in [0.4, 0.5) is 0 Å². The highest BCUT2D eigenvalue weighted by Gasteiger charge is 2.13. The molecule has 2 heterocycles. The molecule has 128 valence electrons. The van der Waals surface area contributed by atoms with Crippen LogP contribution in [0.2, 0.25) is 5.02 Å². The van der Waals surface area contributed by atoms with Crippen molar-refractivity contribution in [2.24, 2.45) is 0 Å². The Morgan fingerprint density at radius 2 is 2.00 bits per heavy atom. The van der Waals surface area contributed by atoms with Crippen molar-refractivity contribution in [3.8, 4) is 11.4 Å². The van der Waals surface area contributed by atoms with Gasteiger partial charge in [-0.2, -0.15) is 4.80 Å². The van der Waals surface area contributed by atoms with Crippen LogP contribution in [0.15, 0.2) is 48.7 Å². The topological polar surface area (TPSA) is 76.8 Å². The number of pyridine rings is 1. The van der Waals surface area contributed by atoms with Crippen LogP contribution >= 0.6 is 11.6 Å². The molecule has 0 unspecified atom stereocenters. The summed E-state index contributed by atoms with van der Waals surface area (Å²) in [5.74, 6) is 0.372. The van der Waals surface area contributed by atoms with Gasteiger partial charge < -0.3 is 4.90 Å². The first-order valence-electron chi connectivity index (χ1n) is 7.79. The molecule has 3 rings (SSSR count). The number of likely N-dealkylation sites (N-methyl/N-ethyl adjacent to an activating group) is 1. The smallest absolute Gasteiger partial charge is 0.246 e. The van der Waals surface area contributed by atoms with Crippen molar-refractivity contribution in [2.75, 3.05) is 13.6 Å². The number of carbonyl (C=O) groups excluding carboxylic acids is 1. The summed E-state index contributed by atoms with van der Waals surface area (Å²) in [6.07, 6.45) is 2.44. The second-order valence-corrected chi connectivity index (χ2v) is 5.97. The van der Waals surface area contributed by atoms with E-state index in [0.29, 0.717) is 23.8 Å². The molecule has 1 aromatic carbocycles. The Morgan fingerprint density at radius 3 is 2.72 bits per heavy atom. The van der Waals surface area contributed by atoms with Gasteiger partial charge in [-0.3, -0.25) is 9.78 Å². The summed E-state index contributed by atoms with van der Waals surface area (Å²) < 4.78 is 0. The number of carbonyl (C=O) groups is 1. The summed E-state index contributed by atoms with van der Waals surface area (Å²) in [5.41, 5.74) is 1.75. The number of hydrogen-bond donors (Lipinski definition) is 0. The van der Waals surface area contributed by atoms with Gasteiger partial charge in [0.2, 0.25) is 11.7 Å². The van der Waals surface area contributed by atoms with Crippen molar-refractivity contribution in [3.05, 3.63) is 59.4 Å². The van der Waals surface area contributed by atoms with Gasteiger partial charge in [0.15, 0.2) is 0 Å². The molecule has 0 radical (unpaired) electrons. The fraction of sp³-hybridized carbons (Fsp3) is 0.235. The molecule has 8 heteroatoms. The molecule has 0 atom stereocenters. The van der Waals surface area contributed by atoms with Gasteiger partial charge in [0.25, 0.3) is 0 Å². The largest absolute Gasteiger partial charge is 0.344 e. The van der Waals surface area contributed by atoms with Crippen LogP contribution in [0.3, 0.4) is 0 Å². The fourth-order valence-corrected chi connectivity index (χ4v) is 2.35. The maximum atomic E-state index is 12.3. The number of rotatable bonds is 6. The van der Waals surface area contributed by atoms with Crippen LogP contribution in [0.25, 0.3) is 11.4 Å². The maximum absolute atomic E-state index is 12.3. The lowest BCUT2D eigenvalue weighted by Crippen LogP contribution is -2.32. The van der Waals surface area contributed by atoms with Gasteiger partial charge in [0.1, 0.15) is 6.54 Å². The summed E-state index contributed by atoms with van der Waals surface area (Å²) in [6, 6.07) is 12.9.